The van der Waals surface area contributed by atoms with Gasteiger partial charge in [0.15, 0.2) is 0 Å². The van der Waals surface area contributed by atoms with E-state index >= 15 is 0 Å². The lowest BCUT2D eigenvalue weighted by molar-refractivity contribution is -0.117. The van der Waals surface area contributed by atoms with E-state index in [2.05, 4.69) is 5.32 Å². The van der Waals surface area contributed by atoms with E-state index in [0.29, 0.717) is 30.3 Å². The summed E-state index contributed by atoms with van der Waals surface area (Å²) in [5.41, 5.74) is 0.839. The number of fused-ring (bicyclic) bond motifs is 2. The minimum Gasteiger partial charge on any atom is -0.494 e. The van der Waals surface area contributed by atoms with Gasteiger partial charge in [0.25, 0.3) is 0 Å². The molecule has 1 aromatic rings. The molecule has 3 fully saturated rings. The largest absolute Gasteiger partial charge is 0.494 e. The lowest BCUT2D eigenvalue weighted by Gasteiger charge is -2.07. The first kappa shape index (κ1) is 16.5. The van der Waals surface area contributed by atoms with Crippen LogP contribution in [0.15, 0.2) is 24.3 Å². The van der Waals surface area contributed by atoms with Gasteiger partial charge in [0.2, 0.25) is 5.91 Å². The van der Waals surface area contributed by atoms with Crippen molar-refractivity contribution in [2.45, 2.75) is 36.9 Å². The number of amides is 1. The van der Waals surface area contributed by atoms with Gasteiger partial charge in [0, 0.05) is 11.6 Å². The Morgan fingerprint density at radius 3 is 2.25 bits per heavy atom. The lowest BCUT2D eigenvalue weighted by Crippen LogP contribution is -2.15. The monoisotopic (exact) mass is 367 g/mol. The fourth-order valence-electron chi connectivity index (χ4n) is 4.64. The number of rotatable bonds is 4. The highest BCUT2D eigenvalue weighted by molar-refractivity contribution is 6.51. The molecule has 0 heterocycles. The van der Waals surface area contributed by atoms with Crippen LogP contribution in [0.3, 0.4) is 0 Å². The number of carbonyl (C=O) groups is 1. The Morgan fingerprint density at radius 1 is 1.12 bits per heavy atom. The maximum Gasteiger partial charge on any atom is 0.228 e. The molecule has 3 saturated carbocycles. The van der Waals surface area contributed by atoms with E-state index in [9.17, 15) is 4.79 Å². The molecule has 0 saturated heterocycles. The molecular formula is C19H23Cl2NO2. The number of hydrogen-bond donors (Lipinski definition) is 1. The molecule has 5 atom stereocenters. The minimum absolute atomic E-state index is 0.160. The van der Waals surface area contributed by atoms with Crippen LogP contribution in [0.4, 0.5) is 5.69 Å². The highest BCUT2D eigenvalue weighted by Crippen LogP contribution is 2.67. The normalized spacial score (nSPS) is 35.7. The van der Waals surface area contributed by atoms with Gasteiger partial charge in [0.1, 0.15) is 10.1 Å². The van der Waals surface area contributed by atoms with Crippen molar-refractivity contribution in [3.05, 3.63) is 24.3 Å². The Bertz CT molecular complexity index is 609. The van der Waals surface area contributed by atoms with E-state index in [-0.39, 0.29) is 11.8 Å². The summed E-state index contributed by atoms with van der Waals surface area (Å²) in [5.74, 6) is 3.06. The molecule has 1 aromatic carbocycles. The van der Waals surface area contributed by atoms with Crippen LogP contribution >= 0.6 is 23.2 Å². The van der Waals surface area contributed by atoms with Crippen molar-refractivity contribution in [1.82, 2.24) is 0 Å². The Labute approximate surface area is 153 Å². The molecule has 0 aromatic heterocycles. The Kier molecular flexibility index (Phi) is 4.20. The van der Waals surface area contributed by atoms with E-state index in [0.717, 1.165) is 37.1 Å². The number of nitrogens with one attached hydrogen (secondary N) is 1. The SMILES string of the molecule is CCOc1ccc(NC(=O)C2[C@H]3CC[C@@H]4[C@H](CC[C@@H]23)C4(Cl)Cl)cc1. The number of carbonyl (C=O) groups excluding carboxylic acids is 1. The predicted octanol–water partition coefficient (Wildman–Crippen LogP) is 4.88. The third kappa shape index (κ3) is 2.90. The van der Waals surface area contributed by atoms with Crippen LogP contribution in [0.1, 0.15) is 32.6 Å². The van der Waals surface area contributed by atoms with Crippen molar-refractivity contribution in [3.63, 3.8) is 0 Å². The first-order valence-electron chi connectivity index (χ1n) is 8.94. The number of halogens is 2. The summed E-state index contributed by atoms with van der Waals surface area (Å²) >= 11 is 12.7. The summed E-state index contributed by atoms with van der Waals surface area (Å²) in [5, 5.41) is 3.06. The van der Waals surface area contributed by atoms with E-state index in [1.54, 1.807) is 0 Å². The highest BCUT2D eigenvalue weighted by Gasteiger charge is 2.65. The number of alkyl halides is 2. The molecular weight excluding hydrogens is 345 g/mol. The topological polar surface area (TPSA) is 38.3 Å². The summed E-state index contributed by atoms with van der Waals surface area (Å²) in [7, 11) is 0. The number of anilines is 1. The van der Waals surface area contributed by atoms with Gasteiger partial charge in [-0.2, -0.15) is 0 Å². The molecule has 3 nitrogen and oxygen atoms in total. The Hall–Kier alpha value is -0.930. The quantitative estimate of drug-likeness (QED) is 0.770. The van der Waals surface area contributed by atoms with Crippen molar-refractivity contribution in [1.29, 1.82) is 0 Å². The number of hydrogen-bond acceptors (Lipinski definition) is 2. The zero-order valence-corrected chi connectivity index (χ0v) is 15.3. The molecule has 1 amide bonds. The van der Waals surface area contributed by atoms with Gasteiger partial charge in [-0.3, -0.25) is 4.79 Å². The number of benzene rings is 1. The summed E-state index contributed by atoms with van der Waals surface area (Å²) in [4.78, 5) is 12.6. The molecule has 1 N–H and O–H groups in total. The molecule has 3 aliphatic rings. The first-order valence-corrected chi connectivity index (χ1v) is 9.69. The zero-order chi connectivity index (χ0) is 16.9. The van der Waals surface area contributed by atoms with Gasteiger partial charge >= 0.3 is 0 Å². The van der Waals surface area contributed by atoms with Crippen LogP contribution in [0.25, 0.3) is 0 Å². The molecule has 0 spiro atoms. The Morgan fingerprint density at radius 2 is 1.71 bits per heavy atom. The van der Waals surface area contributed by atoms with Crippen LogP contribution in [-0.2, 0) is 4.79 Å². The zero-order valence-electron chi connectivity index (χ0n) is 13.8. The smallest absolute Gasteiger partial charge is 0.228 e. The Balaban J connectivity index is 1.33. The molecule has 0 bridgehead atoms. The molecule has 5 heteroatoms. The lowest BCUT2D eigenvalue weighted by atomic mass is 10.0. The molecule has 4 rings (SSSR count). The molecule has 24 heavy (non-hydrogen) atoms. The molecule has 0 radical (unpaired) electrons. The molecule has 3 aliphatic carbocycles. The van der Waals surface area contributed by atoms with Gasteiger partial charge in [0.05, 0.1) is 6.61 Å². The molecule has 130 valence electrons. The van der Waals surface area contributed by atoms with Crippen molar-refractivity contribution in [2.24, 2.45) is 29.6 Å². The van der Waals surface area contributed by atoms with Crippen molar-refractivity contribution in [3.8, 4) is 5.75 Å². The second-order valence-corrected chi connectivity index (χ2v) is 8.79. The van der Waals surface area contributed by atoms with E-state index in [1.165, 1.54) is 0 Å². The van der Waals surface area contributed by atoms with Crippen molar-refractivity contribution >= 4 is 34.8 Å². The fraction of sp³-hybridized carbons (Fsp3) is 0.632. The van der Waals surface area contributed by atoms with Crippen molar-refractivity contribution in [2.75, 3.05) is 11.9 Å². The first-order chi connectivity index (χ1) is 11.5. The average molecular weight is 368 g/mol. The third-order valence-corrected chi connectivity index (χ3v) is 7.18. The van der Waals surface area contributed by atoms with Crippen LogP contribution < -0.4 is 10.1 Å². The molecule has 0 aliphatic heterocycles. The van der Waals surface area contributed by atoms with Crippen LogP contribution in [0.5, 0.6) is 5.75 Å². The van der Waals surface area contributed by atoms with E-state index in [1.807, 2.05) is 31.2 Å². The molecule has 1 unspecified atom stereocenters. The second kappa shape index (κ2) is 6.10. The van der Waals surface area contributed by atoms with Gasteiger partial charge < -0.3 is 10.1 Å². The fourth-order valence-corrected chi connectivity index (χ4v) is 5.56. The maximum atomic E-state index is 12.6. The van der Waals surface area contributed by atoms with Crippen LogP contribution in [-0.4, -0.2) is 16.8 Å². The van der Waals surface area contributed by atoms with E-state index in [4.69, 9.17) is 27.9 Å². The minimum atomic E-state index is -0.489. The standard InChI is InChI=1S/C19H23Cl2NO2/c1-2-24-12-5-3-11(4-6-12)22-18(23)17-13-7-9-15-16(19(15,20)21)10-8-14(13)17/h3-6,13-17H,2,7-10H2,1H3,(H,22,23)/t13-,14+,15+,16-,17?. The third-order valence-electron chi connectivity index (χ3n) is 6.05. The van der Waals surface area contributed by atoms with Gasteiger partial charge in [-0.25, -0.2) is 0 Å². The predicted molar refractivity (Wildman–Crippen MR) is 96.6 cm³/mol. The second-order valence-electron chi connectivity index (χ2n) is 7.34. The average Bonchev–Trinajstić information content (AvgIpc) is 3.34. The maximum absolute atomic E-state index is 12.6. The number of ether oxygens (including phenoxy) is 1. The van der Waals surface area contributed by atoms with Crippen LogP contribution in [0, 0.1) is 29.6 Å². The van der Waals surface area contributed by atoms with Gasteiger partial charge in [-0.05, 0) is 80.5 Å². The summed E-state index contributed by atoms with van der Waals surface area (Å²) in [6.45, 7) is 2.60. The van der Waals surface area contributed by atoms with Crippen molar-refractivity contribution < 1.29 is 9.53 Å². The highest BCUT2D eigenvalue weighted by atomic mass is 35.5. The van der Waals surface area contributed by atoms with Crippen LogP contribution in [0.2, 0.25) is 0 Å². The van der Waals surface area contributed by atoms with Gasteiger partial charge in [-0.1, -0.05) is 0 Å². The summed E-state index contributed by atoms with van der Waals surface area (Å²) < 4.78 is 4.94. The summed E-state index contributed by atoms with van der Waals surface area (Å²) in [6.07, 6.45) is 4.28. The summed E-state index contributed by atoms with van der Waals surface area (Å²) in [6, 6.07) is 7.59. The van der Waals surface area contributed by atoms with E-state index < -0.39 is 4.33 Å². The van der Waals surface area contributed by atoms with Gasteiger partial charge in [-0.15, -0.1) is 23.2 Å².